The first-order valence-corrected chi connectivity index (χ1v) is 33.6. The zero-order valence-electron chi connectivity index (χ0n) is 51.7. The standard InChI is InChI=1S/C72H126O6/c1-4-7-10-13-16-19-22-24-26-28-29-30-31-32-33-34-35-36-37-38-39-40-41-42-43-44-46-47-50-53-56-59-62-65-71(74)77-68-69(67-76-70(73)64-61-58-55-52-49-21-18-15-12-9-6-3)78-72(75)66-63-60-57-54-51-48-45-27-25-23-20-17-14-11-8-5-2/h7,10,15-16,18-20,23-24,26-27,29-30,45,69H,4-6,8-9,11-14,17,21-22,25,28,31-44,46-68H2,1-3H3/b10-7-,18-15-,19-16-,23-20-,26-24-,30-29-,45-27-. The molecular formula is C72H126O6. The summed E-state index contributed by atoms with van der Waals surface area (Å²) in [7, 11) is 0. The van der Waals surface area contributed by atoms with Gasteiger partial charge in [-0.2, -0.15) is 0 Å². The second-order valence-electron chi connectivity index (χ2n) is 22.3. The third kappa shape index (κ3) is 63.4. The molecule has 0 aliphatic carbocycles. The summed E-state index contributed by atoms with van der Waals surface area (Å²) in [5.74, 6) is -0.891. The molecule has 450 valence electrons. The SMILES string of the molecule is CC/C=C\C/C=C\C/C=C\C/C=C\CCCCCCCCCCCCCCCCCCCCCCC(=O)OCC(COC(=O)CCCCCCC/C=C\CCCC)OC(=O)CCCCCCC/C=C\C/C=C\CCCCCC. The molecule has 6 heteroatoms. The van der Waals surface area contributed by atoms with E-state index in [1.165, 1.54) is 180 Å². The van der Waals surface area contributed by atoms with Gasteiger partial charge < -0.3 is 14.2 Å². The van der Waals surface area contributed by atoms with Crippen molar-refractivity contribution in [1.29, 1.82) is 0 Å². The van der Waals surface area contributed by atoms with Crippen LogP contribution in [0.4, 0.5) is 0 Å². The van der Waals surface area contributed by atoms with Crippen LogP contribution in [0.5, 0.6) is 0 Å². The zero-order chi connectivity index (χ0) is 56.4. The lowest BCUT2D eigenvalue weighted by Gasteiger charge is -2.18. The molecule has 0 aliphatic rings. The fraction of sp³-hybridized carbons (Fsp3) is 0.764. The molecule has 0 heterocycles. The predicted octanol–water partition coefficient (Wildman–Crippen LogP) is 23.1. The van der Waals surface area contributed by atoms with Gasteiger partial charge in [0.15, 0.2) is 6.10 Å². The van der Waals surface area contributed by atoms with Crippen LogP contribution < -0.4 is 0 Å². The van der Waals surface area contributed by atoms with Gasteiger partial charge in [-0.1, -0.05) is 292 Å². The smallest absolute Gasteiger partial charge is 0.306 e. The molecule has 0 saturated carbocycles. The highest BCUT2D eigenvalue weighted by Gasteiger charge is 2.19. The molecule has 0 aromatic carbocycles. The number of hydrogen-bond acceptors (Lipinski definition) is 6. The molecule has 0 fully saturated rings. The van der Waals surface area contributed by atoms with Gasteiger partial charge in [0, 0.05) is 19.3 Å². The molecule has 6 nitrogen and oxygen atoms in total. The molecule has 0 rings (SSSR count). The number of allylic oxidation sites excluding steroid dienone is 14. The van der Waals surface area contributed by atoms with Crippen LogP contribution in [0.2, 0.25) is 0 Å². The third-order valence-corrected chi connectivity index (χ3v) is 14.6. The number of unbranched alkanes of at least 4 members (excludes halogenated alkanes) is 36. The van der Waals surface area contributed by atoms with Crippen LogP contribution in [0.3, 0.4) is 0 Å². The van der Waals surface area contributed by atoms with Gasteiger partial charge in [-0.25, -0.2) is 0 Å². The molecule has 0 spiro atoms. The average molecular weight is 1090 g/mol. The van der Waals surface area contributed by atoms with Gasteiger partial charge in [0.05, 0.1) is 0 Å². The van der Waals surface area contributed by atoms with Crippen molar-refractivity contribution >= 4 is 17.9 Å². The monoisotopic (exact) mass is 1090 g/mol. The number of esters is 3. The van der Waals surface area contributed by atoms with E-state index < -0.39 is 6.10 Å². The van der Waals surface area contributed by atoms with E-state index in [9.17, 15) is 14.4 Å². The van der Waals surface area contributed by atoms with E-state index >= 15 is 0 Å². The maximum Gasteiger partial charge on any atom is 0.306 e. The van der Waals surface area contributed by atoms with E-state index in [0.29, 0.717) is 19.3 Å². The van der Waals surface area contributed by atoms with Crippen molar-refractivity contribution in [3.8, 4) is 0 Å². The minimum atomic E-state index is -0.785. The van der Waals surface area contributed by atoms with Gasteiger partial charge in [0.25, 0.3) is 0 Å². The van der Waals surface area contributed by atoms with Crippen molar-refractivity contribution in [1.82, 2.24) is 0 Å². The lowest BCUT2D eigenvalue weighted by atomic mass is 10.0. The topological polar surface area (TPSA) is 78.9 Å². The van der Waals surface area contributed by atoms with E-state index in [-0.39, 0.29) is 31.1 Å². The summed E-state index contributed by atoms with van der Waals surface area (Å²) in [6.45, 7) is 6.48. The quantitative estimate of drug-likeness (QED) is 0.0261. The van der Waals surface area contributed by atoms with Crippen LogP contribution in [0.25, 0.3) is 0 Å². The molecule has 0 bridgehead atoms. The number of hydrogen-bond donors (Lipinski definition) is 0. The van der Waals surface area contributed by atoms with Crippen LogP contribution in [0, 0.1) is 0 Å². The summed E-state index contributed by atoms with van der Waals surface area (Å²) < 4.78 is 16.9. The Kier molecular flexibility index (Phi) is 63.2. The largest absolute Gasteiger partial charge is 0.462 e. The third-order valence-electron chi connectivity index (χ3n) is 14.6. The van der Waals surface area contributed by atoms with Gasteiger partial charge >= 0.3 is 17.9 Å². The Bertz CT molecular complexity index is 1480. The van der Waals surface area contributed by atoms with E-state index in [1.807, 2.05) is 0 Å². The molecule has 0 aromatic heterocycles. The second-order valence-corrected chi connectivity index (χ2v) is 22.3. The highest BCUT2D eigenvalue weighted by Crippen LogP contribution is 2.17. The number of carbonyl (C=O) groups excluding carboxylic acids is 3. The van der Waals surface area contributed by atoms with Crippen molar-refractivity contribution in [2.24, 2.45) is 0 Å². The van der Waals surface area contributed by atoms with Gasteiger partial charge in [-0.15, -0.1) is 0 Å². The van der Waals surface area contributed by atoms with E-state index in [0.717, 1.165) is 116 Å². The highest BCUT2D eigenvalue weighted by molar-refractivity contribution is 5.71. The molecule has 0 N–H and O–H groups in total. The van der Waals surface area contributed by atoms with E-state index in [2.05, 4.69) is 106 Å². The van der Waals surface area contributed by atoms with Gasteiger partial charge in [-0.3, -0.25) is 14.4 Å². The van der Waals surface area contributed by atoms with Crippen molar-refractivity contribution in [3.05, 3.63) is 85.1 Å². The molecule has 0 amide bonds. The lowest BCUT2D eigenvalue weighted by Crippen LogP contribution is -2.30. The van der Waals surface area contributed by atoms with Crippen LogP contribution in [-0.2, 0) is 28.6 Å². The predicted molar refractivity (Wildman–Crippen MR) is 339 cm³/mol. The Labute approximate surface area is 484 Å². The number of ether oxygens (including phenoxy) is 3. The van der Waals surface area contributed by atoms with Crippen LogP contribution >= 0.6 is 0 Å². The zero-order valence-corrected chi connectivity index (χ0v) is 51.7. The van der Waals surface area contributed by atoms with Crippen molar-refractivity contribution in [3.63, 3.8) is 0 Å². The number of carbonyl (C=O) groups is 3. The average Bonchev–Trinajstić information content (AvgIpc) is 3.44. The summed E-state index contributed by atoms with van der Waals surface area (Å²) in [4.78, 5) is 38.2. The fourth-order valence-corrected chi connectivity index (χ4v) is 9.57. The first-order valence-electron chi connectivity index (χ1n) is 33.6. The minimum Gasteiger partial charge on any atom is -0.462 e. The van der Waals surface area contributed by atoms with Crippen LogP contribution in [-0.4, -0.2) is 37.2 Å². The molecule has 1 unspecified atom stereocenters. The molecule has 0 saturated heterocycles. The van der Waals surface area contributed by atoms with E-state index in [4.69, 9.17) is 14.2 Å². The Hall–Kier alpha value is -3.41. The Balaban J connectivity index is 4.11. The molecule has 1 atom stereocenters. The number of rotatable bonds is 61. The Morgan fingerprint density at radius 2 is 0.513 bits per heavy atom. The van der Waals surface area contributed by atoms with E-state index in [1.54, 1.807) is 0 Å². The van der Waals surface area contributed by atoms with Crippen molar-refractivity contribution < 1.29 is 28.6 Å². The maximum atomic E-state index is 12.9. The first-order chi connectivity index (χ1) is 38.5. The van der Waals surface area contributed by atoms with Crippen molar-refractivity contribution in [2.45, 2.75) is 341 Å². The molecule has 78 heavy (non-hydrogen) atoms. The summed E-state index contributed by atoms with van der Waals surface area (Å²) in [6.07, 6.45) is 87.6. The normalized spacial score (nSPS) is 12.6. The first kappa shape index (κ1) is 74.6. The second kappa shape index (κ2) is 66.1. The highest BCUT2D eigenvalue weighted by atomic mass is 16.6. The fourth-order valence-electron chi connectivity index (χ4n) is 9.57. The Morgan fingerprint density at radius 1 is 0.269 bits per heavy atom. The molecular weight excluding hydrogens is 961 g/mol. The lowest BCUT2D eigenvalue weighted by molar-refractivity contribution is -0.167. The summed E-state index contributed by atoms with van der Waals surface area (Å²) >= 11 is 0. The minimum absolute atomic E-state index is 0.0810. The van der Waals surface area contributed by atoms with Crippen LogP contribution in [0.15, 0.2) is 85.1 Å². The van der Waals surface area contributed by atoms with Gasteiger partial charge in [0.2, 0.25) is 0 Å². The Morgan fingerprint density at radius 3 is 0.833 bits per heavy atom. The van der Waals surface area contributed by atoms with Crippen molar-refractivity contribution in [2.75, 3.05) is 13.2 Å². The molecule has 0 radical (unpaired) electrons. The maximum absolute atomic E-state index is 12.9. The summed E-state index contributed by atoms with van der Waals surface area (Å²) in [6, 6.07) is 0. The van der Waals surface area contributed by atoms with Gasteiger partial charge in [-0.05, 0) is 109 Å². The summed E-state index contributed by atoms with van der Waals surface area (Å²) in [5, 5.41) is 0. The summed E-state index contributed by atoms with van der Waals surface area (Å²) in [5.41, 5.74) is 0. The van der Waals surface area contributed by atoms with Gasteiger partial charge in [0.1, 0.15) is 13.2 Å². The van der Waals surface area contributed by atoms with Crippen LogP contribution in [0.1, 0.15) is 335 Å². The molecule has 0 aromatic rings. The molecule has 0 aliphatic heterocycles.